The SMILES string of the molecule is CN(c1cccc(CN)c1)c1ccc(S(N)(=O)=O)cc1F. The fourth-order valence-corrected chi connectivity index (χ4v) is 2.49. The maximum Gasteiger partial charge on any atom is 0.238 e. The van der Waals surface area contributed by atoms with Gasteiger partial charge in [0.2, 0.25) is 10.0 Å². The molecule has 0 aromatic heterocycles. The van der Waals surface area contributed by atoms with Crippen LogP contribution in [0.2, 0.25) is 0 Å². The number of primary sulfonamides is 1. The minimum atomic E-state index is -3.92. The molecule has 112 valence electrons. The van der Waals surface area contributed by atoms with Crippen molar-refractivity contribution in [2.75, 3.05) is 11.9 Å². The second-order valence-corrected chi connectivity index (χ2v) is 6.15. The molecular formula is C14H16FN3O2S. The zero-order valence-electron chi connectivity index (χ0n) is 11.5. The fraction of sp³-hybridized carbons (Fsp3) is 0.143. The minimum Gasteiger partial charge on any atom is -0.342 e. The smallest absolute Gasteiger partial charge is 0.238 e. The monoisotopic (exact) mass is 309 g/mol. The second-order valence-electron chi connectivity index (χ2n) is 4.59. The van der Waals surface area contributed by atoms with Crippen LogP contribution in [0.3, 0.4) is 0 Å². The Morgan fingerprint density at radius 1 is 1.19 bits per heavy atom. The van der Waals surface area contributed by atoms with E-state index in [1.807, 2.05) is 24.3 Å². The van der Waals surface area contributed by atoms with Gasteiger partial charge in [0.1, 0.15) is 5.82 Å². The summed E-state index contributed by atoms with van der Waals surface area (Å²) in [7, 11) is -2.23. The first kappa shape index (κ1) is 15.4. The molecule has 0 heterocycles. The Hall–Kier alpha value is -1.96. The molecule has 0 bridgehead atoms. The summed E-state index contributed by atoms with van der Waals surface area (Å²) in [4.78, 5) is 1.36. The summed E-state index contributed by atoms with van der Waals surface area (Å²) < 4.78 is 36.5. The number of halogens is 1. The lowest BCUT2D eigenvalue weighted by Crippen LogP contribution is -2.15. The van der Waals surface area contributed by atoms with Gasteiger partial charge in [0.25, 0.3) is 0 Å². The Labute approximate surface area is 123 Å². The number of nitrogens with zero attached hydrogens (tertiary/aromatic N) is 1. The van der Waals surface area contributed by atoms with Crippen molar-refractivity contribution >= 4 is 21.4 Å². The largest absolute Gasteiger partial charge is 0.342 e. The summed E-state index contributed by atoms with van der Waals surface area (Å²) in [5.74, 6) is -0.665. The van der Waals surface area contributed by atoms with Crippen LogP contribution in [0.15, 0.2) is 47.4 Å². The Bertz CT molecular complexity index is 763. The van der Waals surface area contributed by atoms with Crippen LogP contribution < -0.4 is 15.8 Å². The number of hydrogen-bond acceptors (Lipinski definition) is 4. The molecule has 21 heavy (non-hydrogen) atoms. The molecule has 7 heteroatoms. The molecule has 0 atom stereocenters. The van der Waals surface area contributed by atoms with E-state index in [9.17, 15) is 12.8 Å². The molecule has 2 rings (SSSR count). The average molecular weight is 309 g/mol. The highest BCUT2D eigenvalue weighted by Gasteiger charge is 2.14. The summed E-state index contributed by atoms with van der Waals surface area (Å²) in [6.45, 7) is 0.383. The third kappa shape index (κ3) is 3.38. The molecule has 0 spiro atoms. The van der Waals surface area contributed by atoms with Crippen LogP contribution in [0.1, 0.15) is 5.56 Å². The topological polar surface area (TPSA) is 89.4 Å². The van der Waals surface area contributed by atoms with Crippen molar-refractivity contribution in [3.05, 3.63) is 53.8 Å². The van der Waals surface area contributed by atoms with E-state index < -0.39 is 15.8 Å². The maximum absolute atomic E-state index is 14.1. The van der Waals surface area contributed by atoms with Crippen LogP contribution in [-0.2, 0) is 16.6 Å². The van der Waals surface area contributed by atoms with E-state index in [1.165, 1.54) is 12.1 Å². The summed E-state index contributed by atoms with van der Waals surface area (Å²) >= 11 is 0. The van der Waals surface area contributed by atoms with Crippen LogP contribution >= 0.6 is 0 Å². The summed E-state index contributed by atoms with van der Waals surface area (Å²) in [6, 6.07) is 10.9. The van der Waals surface area contributed by atoms with E-state index in [0.29, 0.717) is 6.54 Å². The molecule has 0 aliphatic rings. The number of hydrogen-bond donors (Lipinski definition) is 2. The highest BCUT2D eigenvalue weighted by atomic mass is 32.2. The Kier molecular flexibility index (Phi) is 4.26. The van der Waals surface area contributed by atoms with Gasteiger partial charge in [-0.1, -0.05) is 12.1 Å². The lowest BCUT2D eigenvalue weighted by molar-refractivity contribution is 0.592. The van der Waals surface area contributed by atoms with Crippen molar-refractivity contribution in [2.24, 2.45) is 10.9 Å². The van der Waals surface area contributed by atoms with Crippen molar-refractivity contribution in [1.82, 2.24) is 0 Å². The molecule has 0 saturated carbocycles. The first-order valence-corrected chi connectivity index (χ1v) is 7.72. The quantitative estimate of drug-likeness (QED) is 0.899. The van der Waals surface area contributed by atoms with E-state index >= 15 is 0 Å². The highest BCUT2D eigenvalue weighted by Crippen LogP contribution is 2.28. The highest BCUT2D eigenvalue weighted by molar-refractivity contribution is 7.89. The van der Waals surface area contributed by atoms with Crippen molar-refractivity contribution in [2.45, 2.75) is 11.4 Å². The predicted molar refractivity (Wildman–Crippen MR) is 80.2 cm³/mol. The number of anilines is 2. The Morgan fingerprint density at radius 2 is 1.90 bits per heavy atom. The lowest BCUT2D eigenvalue weighted by atomic mass is 10.1. The molecule has 2 aromatic carbocycles. The number of sulfonamides is 1. The number of nitrogens with two attached hydrogens (primary N) is 2. The first-order chi connectivity index (χ1) is 9.82. The molecule has 0 aliphatic heterocycles. The van der Waals surface area contributed by atoms with Crippen molar-refractivity contribution in [3.8, 4) is 0 Å². The van der Waals surface area contributed by atoms with Crippen LogP contribution in [0.25, 0.3) is 0 Å². The van der Waals surface area contributed by atoms with Crippen molar-refractivity contribution in [1.29, 1.82) is 0 Å². The number of rotatable bonds is 4. The van der Waals surface area contributed by atoms with E-state index in [1.54, 1.807) is 11.9 Å². The van der Waals surface area contributed by atoms with Crippen molar-refractivity contribution < 1.29 is 12.8 Å². The molecule has 0 fully saturated rings. The van der Waals surface area contributed by atoms with E-state index in [2.05, 4.69) is 0 Å². The molecule has 0 amide bonds. The molecule has 0 radical (unpaired) electrons. The van der Waals surface area contributed by atoms with Gasteiger partial charge in [-0.05, 0) is 35.9 Å². The summed E-state index contributed by atoms with van der Waals surface area (Å²) in [5.41, 5.74) is 7.50. The van der Waals surface area contributed by atoms with Gasteiger partial charge in [0.05, 0.1) is 10.6 Å². The molecular weight excluding hydrogens is 293 g/mol. The molecule has 5 nitrogen and oxygen atoms in total. The van der Waals surface area contributed by atoms with Crippen LogP contribution in [0, 0.1) is 5.82 Å². The third-order valence-corrected chi connectivity index (χ3v) is 4.05. The maximum atomic E-state index is 14.1. The zero-order chi connectivity index (χ0) is 15.6. The second kappa shape index (κ2) is 5.80. The van der Waals surface area contributed by atoms with Gasteiger partial charge < -0.3 is 10.6 Å². The van der Waals surface area contributed by atoms with E-state index in [0.717, 1.165) is 17.3 Å². The van der Waals surface area contributed by atoms with Crippen molar-refractivity contribution in [3.63, 3.8) is 0 Å². The lowest BCUT2D eigenvalue weighted by Gasteiger charge is -2.21. The molecule has 0 unspecified atom stereocenters. The van der Waals surface area contributed by atoms with Gasteiger partial charge in [-0.3, -0.25) is 0 Å². The zero-order valence-corrected chi connectivity index (χ0v) is 12.3. The van der Waals surface area contributed by atoms with Gasteiger partial charge >= 0.3 is 0 Å². The minimum absolute atomic E-state index is 0.247. The summed E-state index contributed by atoms with van der Waals surface area (Å²) in [6.07, 6.45) is 0. The molecule has 4 N–H and O–H groups in total. The molecule has 2 aromatic rings. The normalized spacial score (nSPS) is 11.4. The number of benzene rings is 2. The van der Waals surface area contributed by atoms with Crippen LogP contribution in [0.5, 0.6) is 0 Å². The molecule has 0 saturated heterocycles. The van der Waals surface area contributed by atoms with Crippen LogP contribution in [-0.4, -0.2) is 15.5 Å². The van der Waals surface area contributed by atoms with Gasteiger partial charge in [-0.15, -0.1) is 0 Å². The summed E-state index contributed by atoms with van der Waals surface area (Å²) in [5, 5.41) is 4.98. The standard InChI is InChI=1S/C14H16FN3O2S/c1-18(11-4-2-3-10(7-11)9-16)14-6-5-12(8-13(14)15)21(17,19)20/h2-8H,9,16H2,1H3,(H2,17,19,20). The van der Waals surface area contributed by atoms with E-state index in [-0.39, 0.29) is 10.6 Å². The van der Waals surface area contributed by atoms with Gasteiger partial charge in [-0.2, -0.15) is 0 Å². The fourth-order valence-electron chi connectivity index (χ4n) is 1.97. The van der Waals surface area contributed by atoms with Gasteiger partial charge in [0, 0.05) is 19.3 Å². The third-order valence-electron chi connectivity index (χ3n) is 3.14. The molecule has 0 aliphatic carbocycles. The Balaban J connectivity index is 2.41. The average Bonchev–Trinajstić information content (AvgIpc) is 2.45. The van der Waals surface area contributed by atoms with E-state index in [4.69, 9.17) is 10.9 Å². The van der Waals surface area contributed by atoms with Gasteiger partial charge in [0.15, 0.2) is 0 Å². The van der Waals surface area contributed by atoms with Gasteiger partial charge in [-0.25, -0.2) is 17.9 Å². The first-order valence-electron chi connectivity index (χ1n) is 6.18. The Morgan fingerprint density at radius 3 is 2.48 bits per heavy atom. The predicted octanol–water partition coefficient (Wildman–Crippen LogP) is 1.70. The van der Waals surface area contributed by atoms with Crippen LogP contribution in [0.4, 0.5) is 15.8 Å².